The first-order valence-electron chi connectivity index (χ1n) is 7.15. The van der Waals surface area contributed by atoms with Crippen LogP contribution in [0.3, 0.4) is 0 Å². The highest BCUT2D eigenvalue weighted by Crippen LogP contribution is 2.34. The Bertz CT molecular complexity index is 597. The Labute approximate surface area is 137 Å². The van der Waals surface area contributed by atoms with Crippen LogP contribution in [0.5, 0.6) is 0 Å². The van der Waals surface area contributed by atoms with E-state index in [0.29, 0.717) is 10.4 Å². The first-order chi connectivity index (χ1) is 10.2. The third kappa shape index (κ3) is 3.87. The van der Waals surface area contributed by atoms with Gasteiger partial charge in [0.1, 0.15) is 5.82 Å². The van der Waals surface area contributed by atoms with Gasteiger partial charge >= 0.3 is 0 Å². The van der Waals surface area contributed by atoms with Gasteiger partial charge in [0, 0.05) is 18.0 Å². The zero-order valence-electron chi connectivity index (χ0n) is 11.6. The van der Waals surface area contributed by atoms with Crippen molar-refractivity contribution in [1.29, 1.82) is 0 Å². The van der Waals surface area contributed by atoms with Gasteiger partial charge in [-0.3, -0.25) is 0 Å². The Kier molecular flexibility index (Phi) is 4.99. The van der Waals surface area contributed by atoms with Crippen LogP contribution in [0.15, 0.2) is 57.9 Å². The van der Waals surface area contributed by atoms with Crippen LogP contribution in [0.2, 0.25) is 0 Å². The molecule has 0 aliphatic carbocycles. The maximum absolute atomic E-state index is 13.2. The van der Waals surface area contributed by atoms with E-state index in [1.807, 2.05) is 12.1 Å². The molecule has 2 aromatic rings. The molecule has 0 bridgehead atoms. The summed E-state index contributed by atoms with van der Waals surface area (Å²) < 4.78 is 16.2. The van der Waals surface area contributed by atoms with Gasteiger partial charge in [0.2, 0.25) is 0 Å². The fourth-order valence-corrected chi connectivity index (χ4v) is 4.21. The number of benzene rings is 2. The van der Waals surface area contributed by atoms with Gasteiger partial charge in [0.25, 0.3) is 0 Å². The molecule has 0 unspecified atom stereocenters. The first kappa shape index (κ1) is 15.1. The van der Waals surface area contributed by atoms with Crippen LogP contribution in [0, 0.1) is 5.82 Å². The zero-order chi connectivity index (χ0) is 14.7. The molecule has 110 valence electrons. The lowest BCUT2D eigenvalue weighted by Gasteiger charge is -2.31. The van der Waals surface area contributed by atoms with Crippen molar-refractivity contribution in [2.24, 2.45) is 0 Å². The second-order valence-corrected chi connectivity index (χ2v) is 7.31. The van der Waals surface area contributed by atoms with E-state index in [9.17, 15) is 4.39 Å². The van der Waals surface area contributed by atoms with Crippen LogP contribution in [-0.2, 0) is 0 Å². The van der Waals surface area contributed by atoms with Gasteiger partial charge in [-0.2, -0.15) is 0 Å². The topological polar surface area (TPSA) is 3.24 Å². The molecular weight excluding hydrogens is 349 g/mol. The lowest BCUT2D eigenvalue weighted by atomic mass is 9.90. The summed E-state index contributed by atoms with van der Waals surface area (Å²) in [6, 6.07) is 16.0. The summed E-state index contributed by atoms with van der Waals surface area (Å²) in [4.78, 5) is 1.08. The highest BCUT2D eigenvalue weighted by molar-refractivity contribution is 9.10. The maximum Gasteiger partial charge on any atom is 0.137 e. The number of hydrogen-bond donors (Lipinski definition) is 0. The van der Waals surface area contributed by atoms with E-state index in [2.05, 4.69) is 50.6 Å². The Morgan fingerprint density at radius 2 is 1.76 bits per heavy atom. The molecule has 1 nitrogen and oxygen atoms in total. The quantitative estimate of drug-likeness (QED) is 0.663. The molecule has 0 spiro atoms. The summed E-state index contributed by atoms with van der Waals surface area (Å²) >= 11 is 4.97. The molecule has 2 aromatic carbocycles. The lowest BCUT2D eigenvalue weighted by Crippen LogP contribution is -2.27. The molecule has 0 radical (unpaired) electrons. The molecule has 1 aliphatic heterocycles. The molecule has 0 amide bonds. The second-order valence-electron chi connectivity index (χ2n) is 5.28. The third-order valence-electron chi connectivity index (χ3n) is 3.85. The summed E-state index contributed by atoms with van der Waals surface area (Å²) in [7, 11) is 0. The van der Waals surface area contributed by atoms with Gasteiger partial charge in [-0.05, 0) is 70.4 Å². The Morgan fingerprint density at radius 1 is 1.05 bits per heavy atom. The summed E-state index contributed by atoms with van der Waals surface area (Å²) in [5.41, 5.74) is 1.45. The van der Waals surface area contributed by atoms with Crippen molar-refractivity contribution in [1.82, 2.24) is 4.31 Å². The molecule has 1 heterocycles. The Morgan fingerprint density at radius 3 is 2.43 bits per heavy atom. The minimum atomic E-state index is -0.206. The molecule has 4 heteroatoms. The van der Waals surface area contributed by atoms with Crippen molar-refractivity contribution < 1.29 is 4.39 Å². The molecule has 0 atom stereocenters. The summed E-state index contributed by atoms with van der Waals surface area (Å²) in [6.07, 6.45) is 2.36. The predicted octanol–water partition coefficient (Wildman–Crippen LogP) is 5.47. The average molecular weight is 366 g/mol. The van der Waals surface area contributed by atoms with Gasteiger partial charge in [0.15, 0.2) is 0 Å². The monoisotopic (exact) mass is 365 g/mol. The number of piperidine rings is 1. The average Bonchev–Trinajstić information content (AvgIpc) is 2.53. The van der Waals surface area contributed by atoms with Gasteiger partial charge in [0.05, 0.1) is 4.47 Å². The molecule has 1 fully saturated rings. The van der Waals surface area contributed by atoms with E-state index in [-0.39, 0.29) is 5.82 Å². The van der Waals surface area contributed by atoms with Crippen LogP contribution in [0.25, 0.3) is 0 Å². The smallest absolute Gasteiger partial charge is 0.137 e. The number of nitrogens with zero attached hydrogens (tertiary/aromatic N) is 1. The van der Waals surface area contributed by atoms with Crippen molar-refractivity contribution in [3.8, 4) is 0 Å². The van der Waals surface area contributed by atoms with Crippen LogP contribution in [0.1, 0.15) is 24.3 Å². The number of halogens is 2. The third-order valence-corrected chi connectivity index (χ3v) is 5.55. The van der Waals surface area contributed by atoms with Crippen LogP contribution in [0.4, 0.5) is 4.39 Å². The molecule has 0 N–H and O–H groups in total. The van der Waals surface area contributed by atoms with E-state index in [4.69, 9.17) is 0 Å². The van der Waals surface area contributed by atoms with Gasteiger partial charge in [-0.1, -0.05) is 30.3 Å². The predicted molar refractivity (Wildman–Crippen MR) is 89.9 cm³/mol. The van der Waals surface area contributed by atoms with E-state index >= 15 is 0 Å². The molecule has 0 saturated carbocycles. The Hall–Kier alpha value is -0.840. The van der Waals surface area contributed by atoms with E-state index < -0.39 is 0 Å². The SMILES string of the molecule is Fc1ccc(SN2CCC(c3ccccc3)CC2)cc1Br. The molecule has 3 rings (SSSR count). The molecular formula is C17H17BrFNS. The van der Waals surface area contributed by atoms with Gasteiger partial charge in [-0.15, -0.1) is 0 Å². The van der Waals surface area contributed by atoms with E-state index in [0.717, 1.165) is 18.0 Å². The summed E-state index contributed by atoms with van der Waals surface area (Å²) in [6.45, 7) is 2.14. The minimum absolute atomic E-state index is 0.206. The molecule has 0 aromatic heterocycles. The number of hydrogen-bond acceptors (Lipinski definition) is 2. The van der Waals surface area contributed by atoms with Crippen LogP contribution >= 0.6 is 27.9 Å². The number of rotatable bonds is 3. The first-order valence-corrected chi connectivity index (χ1v) is 8.72. The van der Waals surface area contributed by atoms with Crippen molar-refractivity contribution in [3.05, 3.63) is 64.4 Å². The summed E-state index contributed by atoms with van der Waals surface area (Å²) in [5.74, 6) is 0.463. The van der Waals surface area contributed by atoms with Crippen molar-refractivity contribution in [3.63, 3.8) is 0 Å². The zero-order valence-corrected chi connectivity index (χ0v) is 14.0. The largest absolute Gasteiger partial charge is 0.246 e. The lowest BCUT2D eigenvalue weighted by molar-refractivity contribution is 0.346. The van der Waals surface area contributed by atoms with Gasteiger partial charge < -0.3 is 0 Å². The van der Waals surface area contributed by atoms with Gasteiger partial charge in [-0.25, -0.2) is 8.70 Å². The molecule has 1 aliphatic rings. The van der Waals surface area contributed by atoms with Crippen molar-refractivity contribution >= 4 is 27.9 Å². The van der Waals surface area contributed by atoms with Crippen LogP contribution < -0.4 is 0 Å². The fourth-order valence-electron chi connectivity index (χ4n) is 2.69. The highest BCUT2D eigenvalue weighted by Gasteiger charge is 2.21. The van der Waals surface area contributed by atoms with E-state index in [1.165, 1.54) is 24.5 Å². The molecule has 21 heavy (non-hydrogen) atoms. The van der Waals surface area contributed by atoms with E-state index in [1.54, 1.807) is 11.9 Å². The van der Waals surface area contributed by atoms with Crippen molar-refractivity contribution in [2.45, 2.75) is 23.7 Å². The normalized spacial score (nSPS) is 17.0. The standard InChI is InChI=1S/C17H17BrFNS/c18-16-12-15(6-7-17(16)19)21-20-10-8-14(9-11-20)13-4-2-1-3-5-13/h1-7,12,14H,8-11H2. The maximum atomic E-state index is 13.2. The Balaban J connectivity index is 1.57. The second kappa shape index (κ2) is 6.95. The molecule has 1 saturated heterocycles. The minimum Gasteiger partial charge on any atom is -0.246 e. The highest BCUT2D eigenvalue weighted by atomic mass is 79.9. The fraction of sp³-hybridized carbons (Fsp3) is 0.294. The van der Waals surface area contributed by atoms with Crippen LogP contribution in [-0.4, -0.2) is 17.4 Å². The summed E-state index contributed by atoms with van der Waals surface area (Å²) in [5, 5.41) is 0. The van der Waals surface area contributed by atoms with Crippen molar-refractivity contribution in [2.75, 3.05) is 13.1 Å².